The van der Waals surface area contributed by atoms with Crippen molar-refractivity contribution >= 4 is 22.5 Å². The summed E-state index contributed by atoms with van der Waals surface area (Å²) in [6, 6.07) is 5.45. The number of amides is 1. The summed E-state index contributed by atoms with van der Waals surface area (Å²) in [5, 5.41) is 13.5. The normalized spacial score (nSPS) is 12.6. The number of para-hydroxylation sites is 1. The van der Waals surface area contributed by atoms with Gasteiger partial charge in [-0.2, -0.15) is 5.10 Å². The summed E-state index contributed by atoms with van der Waals surface area (Å²) < 4.78 is 0. The molecule has 0 radical (unpaired) electrons. The Labute approximate surface area is 93.2 Å². The third-order valence-electron chi connectivity index (χ3n) is 2.56. The Morgan fingerprint density at radius 3 is 3.06 bits per heavy atom. The highest BCUT2D eigenvalue weighted by atomic mass is 16.2. The molecule has 16 heavy (non-hydrogen) atoms. The maximum Gasteiger partial charge on any atom is 0.241 e. The molecule has 1 amide bonds. The minimum atomic E-state index is -0.224. The molecule has 1 atom stereocenters. The number of anilines is 1. The number of carbonyl (C=O) groups excluding carboxylic acids is 1. The molecule has 1 heterocycles. The van der Waals surface area contributed by atoms with Gasteiger partial charge < -0.3 is 10.6 Å². The van der Waals surface area contributed by atoms with Crippen LogP contribution in [0.25, 0.3) is 10.9 Å². The number of nitrogens with one attached hydrogen (secondary N) is 3. The zero-order valence-corrected chi connectivity index (χ0v) is 9.24. The number of nitrogens with zero attached hydrogens (tertiary/aromatic N) is 1. The number of hydrogen-bond donors (Lipinski definition) is 3. The van der Waals surface area contributed by atoms with E-state index in [1.54, 1.807) is 13.2 Å². The van der Waals surface area contributed by atoms with Crippen LogP contribution < -0.4 is 10.6 Å². The fraction of sp³-hybridized carbons (Fsp3) is 0.273. The van der Waals surface area contributed by atoms with Gasteiger partial charge in [0.05, 0.1) is 23.4 Å². The number of fused-ring (bicyclic) bond motifs is 1. The number of hydrogen-bond acceptors (Lipinski definition) is 3. The van der Waals surface area contributed by atoms with Gasteiger partial charge in [-0.3, -0.25) is 9.89 Å². The Kier molecular flexibility index (Phi) is 2.87. The Morgan fingerprint density at radius 2 is 2.31 bits per heavy atom. The number of benzene rings is 1. The Bertz CT molecular complexity index is 505. The number of aromatic nitrogens is 2. The zero-order valence-electron chi connectivity index (χ0n) is 9.24. The standard InChI is InChI=1S/C11H14N4O/c1-7(12-2)11(16)14-9-5-3-4-8-6-13-15-10(8)9/h3-7,12H,1-2H3,(H,13,15)(H,14,16)/t7-/m0/s1. The lowest BCUT2D eigenvalue weighted by atomic mass is 10.2. The molecule has 2 aromatic rings. The number of aromatic amines is 1. The van der Waals surface area contributed by atoms with Gasteiger partial charge in [0.15, 0.2) is 0 Å². The summed E-state index contributed by atoms with van der Waals surface area (Å²) in [6.45, 7) is 1.81. The van der Waals surface area contributed by atoms with Gasteiger partial charge in [0.1, 0.15) is 0 Å². The van der Waals surface area contributed by atoms with Gasteiger partial charge in [0, 0.05) is 5.39 Å². The first-order chi connectivity index (χ1) is 7.72. The lowest BCUT2D eigenvalue weighted by molar-refractivity contribution is -0.117. The highest BCUT2D eigenvalue weighted by Gasteiger charge is 2.12. The second-order valence-electron chi connectivity index (χ2n) is 3.64. The number of carbonyl (C=O) groups is 1. The number of likely N-dealkylation sites (N-methyl/N-ethyl adjacent to an activating group) is 1. The van der Waals surface area contributed by atoms with E-state index in [1.165, 1.54) is 0 Å². The summed E-state index contributed by atoms with van der Waals surface area (Å²) in [6.07, 6.45) is 1.73. The molecule has 1 aromatic heterocycles. The van der Waals surface area contributed by atoms with Gasteiger partial charge in [-0.15, -0.1) is 0 Å². The minimum Gasteiger partial charge on any atom is -0.323 e. The first-order valence-corrected chi connectivity index (χ1v) is 5.12. The van der Waals surface area contributed by atoms with Crippen molar-refractivity contribution in [3.8, 4) is 0 Å². The van der Waals surface area contributed by atoms with Crippen molar-refractivity contribution in [1.82, 2.24) is 15.5 Å². The molecule has 2 rings (SSSR count). The molecular formula is C11H14N4O. The van der Waals surface area contributed by atoms with Crippen molar-refractivity contribution in [2.24, 2.45) is 0 Å². The SMILES string of the molecule is CN[C@@H](C)C(=O)Nc1cccc2cn[nH]c12. The van der Waals surface area contributed by atoms with Gasteiger partial charge >= 0.3 is 0 Å². The van der Waals surface area contributed by atoms with Crippen molar-refractivity contribution < 1.29 is 4.79 Å². The van der Waals surface area contributed by atoms with Crippen molar-refractivity contribution in [3.05, 3.63) is 24.4 Å². The fourth-order valence-corrected chi connectivity index (χ4v) is 1.45. The first-order valence-electron chi connectivity index (χ1n) is 5.12. The minimum absolute atomic E-state index is 0.0652. The molecule has 0 fully saturated rings. The van der Waals surface area contributed by atoms with Gasteiger partial charge in [0.25, 0.3) is 0 Å². The van der Waals surface area contributed by atoms with Crippen LogP contribution in [0.5, 0.6) is 0 Å². The van der Waals surface area contributed by atoms with Crippen LogP contribution >= 0.6 is 0 Å². The van der Waals surface area contributed by atoms with Crippen LogP contribution in [0.3, 0.4) is 0 Å². The average molecular weight is 218 g/mol. The van der Waals surface area contributed by atoms with Crippen LogP contribution in [0, 0.1) is 0 Å². The molecule has 3 N–H and O–H groups in total. The second-order valence-corrected chi connectivity index (χ2v) is 3.64. The average Bonchev–Trinajstić information content (AvgIpc) is 2.77. The quantitative estimate of drug-likeness (QED) is 0.722. The van der Waals surface area contributed by atoms with Crippen LogP contribution in [0.2, 0.25) is 0 Å². The molecule has 0 aliphatic carbocycles. The summed E-state index contributed by atoms with van der Waals surface area (Å²) >= 11 is 0. The van der Waals surface area contributed by atoms with E-state index >= 15 is 0 Å². The lowest BCUT2D eigenvalue weighted by Gasteiger charge is -2.11. The molecule has 0 spiro atoms. The van der Waals surface area contributed by atoms with Crippen LogP contribution in [0.1, 0.15) is 6.92 Å². The highest BCUT2D eigenvalue weighted by Crippen LogP contribution is 2.20. The molecule has 1 aromatic carbocycles. The summed E-state index contributed by atoms with van der Waals surface area (Å²) in [5.74, 6) is -0.0652. The Balaban J connectivity index is 2.27. The highest BCUT2D eigenvalue weighted by molar-refractivity contribution is 6.01. The zero-order chi connectivity index (χ0) is 11.5. The maximum atomic E-state index is 11.7. The molecule has 0 aliphatic heterocycles. The van der Waals surface area contributed by atoms with E-state index < -0.39 is 0 Å². The van der Waals surface area contributed by atoms with E-state index in [9.17, 15) is 4.79 Å². The number of H-pyrrole nitrogens is 1. The van der Waals surface area contributed by atoms with Crippen LogP contribution in [-0.2, 0) is 4.79 Å². The van der Waals surface area contributed by atoms with Gasteiger partial charge in [-0.25, -0.2) is 0 Å². The second kappa shape index (κ2) is 4.32. The molecule has 0 unspecified atom stereocenters. The largest absolute Gasteiger partial charge is 0.323 e. The molecule has 84 valence electrons. The fourth-order valence-electron chi connectivity index (χ4n) is 1.45. The van der Waals surface area contributed by atoms with Gasteiger partial charge in [0.2, 0.25) is 5.91 Å². The third-order valence-corrected chi connectivity index (χ3v) is 2.56. The molecule has 5 heteroatoms. The molecule has 0 saturated carbocycles. The van der Waals surface area contributed by atoms with E-state index in [4.69, 9.17) is 0 Å². The summed E-state index contributed by atoms with van der Waals surface area (Å²) in [5.41, 5.74) is 1.60. The van der Waals surface area contributed by atoms with Crippen molar-refractivity contribution in [1.29, 1.82) is 0 Å². The van der Waals surface area contributed by atoms with Crippen molar-refractivity contribution in [2.45, 2.75) is 13.0 Å². The van der Waals surface area contributed by atoms with Crippen LogP contribution in [0.15, 0.2) is 24.4 Å². The summed E-state index contributed by atoms with van der Waals surface area (Å²) in [7, 11) is 1.75. The van der Waals surface area contributed by atoms with E-state index in [1.807, 2.05) is 25.1 Å². The Morgan fingerprint density at radius 1 is 1.50 bits per heavy atom. The molecule has 0 saturated heterocycles. The van der Waals surface area contributed by atoms with E-state index in [0.29, 0.717) is 0 Å². The predicted molar refractivity (Wildman–Crippen MR) is 63.2 cm³/mol. The maximum absolute atomic E-state index is 11.7. The number of rotatable bonds is 3. The molecule has 5 nitrogen and oxygen atoms in total. The van der Waals surface area contributed by atoms with Gasteiger partial charge in [-0.05, 0) is 20.0 Å². The van der Waals surface area contributed by atoms with E-state index in [2.05, 4.69) is 20.8 Å². The Hall–Kier alpha value is -1.88. The van der Waals surface area contributed by atoms with Gasteiger partial charge in [-0.1, -0.05) is 12.1 Å². The predicted octanol–water partition coefficient (Wildman–Crippen LogP) is 1.11. The smallest absolute Gasteiger partial charge is 0.241 e. The van der Waals surface area contributed by atoms with E-state index in [0.717, 1.165) is 16.6 Å². The monoisotopic (exact) mass is 218 g/mol. The molecule has 0 aliphatic rings. The summed E-state index contributed by atoms with van der Waals surface area (Å²) in [4.78, 5) is 11.7. The topological polar surface area (TPSA) is 69.8 Å². The van der Waals surface area contributed by atoms with Crippen molar-refractivity contribution in [2.75, 3.05) is 12.4 Å². The van der Waals surface area contributed by atoms with Crippen LogP contribution in [0.4, 0.5) is 5.69 Å². The molecule has 0 bridgehead atoms. The lowest BCUT2D eigenvalue weighted by Crippen LogP contribution is -2.35. The first kappa shape index (κ1) is 10.6. The van der Waals surface area contributed by atoms with E-state index in [-0.39, 0.29) is 11.9 Å². The van der Waals surface area contributed by atoms with Crippen LogP contribution in [-0.4, -0.2) is 29.2 Å². The third kappa shape index (κ3) is 1.90. The van der Waals surface area contributed by atoms with Crippen molar-refractivity contribution in [3.63, 3.8) is 0 Å². The molecular weight excluding hydrogens is 204 g/mol.